The summed E-state index contributed by atoms with van der Waals surface area (Å²) in [5, 5.41) is 31.4. The van der Waals surface area contributed by atoms with Crippen molar-refractivity contribution in [2.45, 2.75) is 45.2 Å². The molecule has 3 N–H and O–H groups in total. The third kappa shape index (κ3) is 4.19. The molecule has 0 bridgehead atoms. The monoisotopic (exact) mass is 370 g/mol. The van der Waals surface area contributed by atoms with Crippen molar-refractivity contribution in [1.29, 1.82) is 0 Å². The maximum absolute atomic E-state index is 11.2. The van der Waals surface area contributed by atoms with Crippen molar-refractivity contribution in [3.05, 3.63) is 35.4 Å². The van der Waals surface area contributed by atoms with Crippen LogP contribution in [0.15, 0.2) is 24.3 Å². The van der Waals surface area contributed by atoms with Gasteiger partial charge in [0.25, 0.3) is 0 Å². The third-order valence-corrected chi connectivity index (χ3v) is 5.18. The van der Waals surface area contributed by atoms with Crippen LogP contribution in [0.2, 0.25) is 0 Å². The minimum Gasteiger partial charge on any atom is -0.507 e. The number of hydrogen-bond donors (Lipinski definition) is 3. The van der Waals surface area contributed by atoms with Gasteiger partial charge in [0.15, 0.2) is 0 Å². The van der Waals surface area contributed by atoms with Crippen LogP contribution in [0.1, 0.15) is 30.9 Å². The molecule has 2 aromatic rings. The quantitative estimate of drug-likeness (QED) is 0.744. The molecule has 1 aliphatic rings. The van der Waals surface area contributed by atoms with E-state index in [1.165, 1.54) is 0 Å². The van der Waals surface area contributed by atoms with Gasteiger partial charge in [0.05, 0.1) is 5.69 Å². The first-order valence-corrected chi connectivity index (χ1v) is 9.25. The number of nitrogens with one attached hydrogen (secondary N) is 1. The minimum absolute atomic E-state index is 0.127. The summed E-state index contributed by atoms with van der Waals surface area (Å²) in [6.45, 7) is 4.62. The van der Waals surface area contributed by atoms with Gasteiger partial charge in [0.2, 0.25) is 0 Å². The van der Waals surface area contributed by atoms with E-state index in [0.717, 1.165) is 24.0 Å². The molecule has 2 atom stereocenters. The maximum atomic E-state index is 11.2. The highest BCUT2D eigenvalue weighted by molar-refractivity contribution is 5.73. The van der Waals surface area contributed by atoms with Crippen LogP contribution >= 0.6 is 0 Å². The van der Waals surface area contributed by atoms with Gasteiger partial charge in [-0.3, -0.25) is 9.69 Å². The number of carbonyl (C=O) groups is 1. The number of aliphatic carboxylic acids is 1. The van der Waals surface area contributed by atoms with Crippen LogP contribution in [-0.2, 0) is 11.2 Å². The molecule has 1 fully saturated rings. The highest BCUT2D eigenvalue weighted by Gasteiger charge is 2.30. The molecule has 1 saturated heterocycles. The van der Waals surface area contributed by atoms with Crippen LogP contribution in [0.25, 0.3) is 11.3 Å². The van der Waals surface area contributed by atoms with Gasteiger partial charge in [0.1, 0.15) is 17.6 Å². The number of aromatic hydroxyl groups is 1. The Bertz CT molecular complexity index is 840. The molecule has 0 spiro atoms. The second-order valence-corrected chi connectivity index (χ2v) is 7.18. The molecular formula is C20H26N4O3. The lowest BCUT2D eigenvalue weighted by Gasteiger charge is -2.35. The molecule has 1 aromatic heterocycles. The van der Waals surface area contributed by atoms with Gasteiger partial charge in [-0.15, -0.1) is 10.2 Å². The van der Waals surface area contributed by atoms with Gasteiger partial charge < -0.3 is 15.5 Å². The Morgan fingerprint density at radius 3 is 2.67 bits per heavy atom. The second-order valence-electron chi connectivity index (χ2n) is 7.18. The van der Waals surface area contributed by atoms with Crippen molar-refractivity contribution in [3.63, 3.8) is 0 Å². The van der Waals surface area contributed by atoms with Crippen molar-refractivity contribution < 1.29 is 15.0 Å². The van der Waals surface area contributed by atoms with Gasteiger partial charge in [-0.05, 0) is 62.6 Å². The number of piperidine rings is 1. The first-order valence-electron chi connectivity index (χ1n) is 9.25. The molecule has 27 heavy (non-hydrogen) atoms. The van der Waals surface area contributed by atoms with E-state index in [4.69, 9.17) is 0 Å². The highest BCUT2D eigenvalue weighted by Crippen LogP contribution is 2.31. The fourth-order valence-corrected chi connectivity index (χ4v) is 3.60. The van der Waals surface area contributed by atoms with Crippen LogP contribution in [0.3, 0.4) is 0 Å². The van der Waals surface area contributed by atoms with Gasteiger partial charge >= 0.3 is 5.97 Å². The molecule has 1 aliphatic heterocycles. The summed E-state index contributed by atoms with van der Waals surface area (Å²) in [4.78, 5) is 13.1. The normalized spacial score (nSPS) is 20.4. The zero-order chi connectivity index (χ0) is 19.6. The van der Waals surface area contributed by atoms with E-state index in [0.29, 0.717) is 30.0 Å². The zero-order valence-corrected chi connectivity index (χ0v) is 15.9. The summed E-state index contributed by atoms with van der Waals surface area (Å²) in [5.74, 6) is 0.0963. The number of aryl methyl sites for hydroxylation is 2. The van der Waals surface area contributed by atoms with E-state index in [2.05, 4.69) is 15.5 Å². The lowest BCUT2D eigenvalue weighted by molar-refractivity contribution is -0.143. The topological polar surface area (TPSA) is 98.6 Å². The second kappa shape index (κ2) is 7.92. The Morgan fingerprint density at radius 1 is 1.30 bits per heavy atom. The number of rotatable bonds is 5. The summed E-state index contributed by atoms with van der Waals surface area (Å²) >= 11 is 0. The number of phenolic OH excluding ortho intramolecular Hbond substituents is 1. The molecule has 0 amide bonds. The number of nitrogens with zero attached hydrogens (tertiary/aromatic N) is 3. The maximum Gasteiger partial charge on any atom is 0.320 e. The van der Waals surface area contributed by atoms with Crippen LogP contribution in [0.5, 0.6) is 5.75 Å². The Morgan fingerprint density at radius 2 is 2.07 bits per heavy atom. The van der Waals surface area contributed by atoms with Crippen LogP contribution in [-0.4, -0.2) is 57.0 Å². The van der Waals surface area contributed by atoms with Crippen molar-refractivity contribution in [3.8, 4) is 17.0 Å². The summed E-state index contributed by atoms with van der Waals surface area (Å²) in [5.41, 5.74) is 3.32. The lowest BCUT2D eigenvalue weighted by atomic mass is 9.99. The molecule has 7 heteroatoms. The molecule has 2 heterocycles. The molecule has 0 aliphatic carbocycles. The van der Waals surface area contributed by atoms with Gasteiger partial charge in [-0.1, -0.05) is 13.0 Å². The first-order chi connectivity index (χ1) is 12.9. The Balaban J connectivity index is 1.73. The Kier molecular flexibility index (Phi) is 5.60. The average Bonchev–Trinajstić information content (AvgIpc) is 2.62. The molecule has 3 rings (SSSR count). The summed E-state index contributed by atoms with van der Waals surface area (Å²) in [6, 6.07) is 7.24. The number of benzene rings is 1. The fraction of sp³-hybridized carbons (Fsp3) is 0.450. The number of phenols is 1. The van der Waals surface area contributed by atoms with Gasteiger partial charge in [0, 0.05) is 18.2 Å². The van der Waals surface area contributed by atoms with Gasteiger partial charge in [-0.2, -0.15) is 0 Å². The smallest absolute Gasteiger partial charge is 0.320 e. The van der Waals surface area contributed by atoms with Crippen molar-refractivity contribution >= 4 is 11.8 Å². The van der Waals surface area contributed by atoms with Gasteiger partial charge in [-0.25, -0.2) is 0 Å². The zero-order valence-electron chi connectivity index (χ0n) is 15.9. The number of anilines is 1. The SMILES string of the molecule is CCc1ccc(-c2nnc(N[C@@H]3CC[C@H](C(=O)O)N(C)C3)cc2C)c(O)c1. The number of hydrogen-bond acceptors (Lipinski definition) is 6. The Labute approximate surface area is 159 Å². The first kappa shape index (κ1) is 19.1. The summed E-state index contributed by atoms with van der Waals surface area (Å²) < 4.78 is 0. The van der Waals surface area contributed by atoms with Crippen molar-refractivity contribution in [2.24, 2.45) is 0 Å². The van der Waals surface area contributed by atoms with E-state index < -0.39 is 12.0 Å². The largest absolute Gasteiger partial charge is 0.507 e. The fourth-order valence-electron chi connectivity index (χ4n) is 3.60. The standard InChI is InChI=1S/C20H26N4O3/c1-4-13-5-7-15(17(25)10-13)19-12(2)9-18(22-23-19)21-14-6-8-16(20(26)27)24(3)11-14/h5,7,9-10,14,16,25H,4,6,8,11H2,1-3H3,(H,21,22)(H,26,27)/t14-,16-/m1/s1. The van der Waals surface area contributed by atoms with E-state index in [-0.39, 0.29) is 11.8 Å². The van der Waals surface area contributed by atoms with E-state index in [1.807, 2.05) is 44.0 Å². The predicted octanol–water partition coefficient (Wildman–Crippen LogP) is 2.68. The molecule has 0 saturated carbocycles. The van der Waals surface area contributed by atoms with Crippen LogP contribution < -0.4 is 5.32 Å². The molecule has 144 valence electrons. The Hall–Kier alpha value is -2.67. The predicted molar refractivity (Wildman–Crippen MR) is 104 cm³/mol. The summed E-state index contributed by atoms with van der Waals surface area (Å²) in [6.07, 6.45) is 2.23. The van der Waals surface area contributed by atoms with Crippen LogP contribution in [0, 0.1) is 6.92 Å². The van der Waals surface area contributed by atoms with Crippen molar-refractivity contribution in [2.75, 3.05) is 18.9 Å². The molecule has 0 unspecified atom stereocenters. The molecule has 7 nitrogen and oxygen atoms in total. The van der Waals surface area contributed by atoms with Crippen molar-refractivity contribution in [1.82, 2.24) is 15.1 Å². The van der Waals surface area contributed by atoms with E-state index >= 15 is 0 Å². The molecular weight excluding hydrogens is 344 g/mol. The minimum atomic E-state index is -0.773. The molecule has 0 radical (unpaired) electrons. The summed E-state index contributed by atoms with van der Waals surface area (Å²) in [7, 11) is 1.83. The van der Waals surface area contributed by atoms with Crippen LogP contribution in [0.4, 0.5) is 5.82 Å². The number of carboxylic acids is 1. The highest BCUT2D eigenvalue weighted by atomic mass is 16.4. The number of likely N-dealkylation sites (N-methyl/N-ethyl adjacent to an activating group) is 1. The average molecular weight is 370 g/mol. The number of likely N-dealkylation sites (tertiary alicyclic amines) is 1. The number of carboxylic acid groups (broad SMARTS) is 1. The van der Waals surface area contributed by atoms with E-state index in [1.54, 1.807) is 6.07 Å². The van der Waals surface area contributed by atoms with E-state index in [9.17, 15) is 15.0 Å². The number of aromatic nitrogens is 2. The third-order valence-electron chi connectivity index (χ3n) is 5.18. The molecule has 1 aromatic carbocycles. The lowest BCUT2D eigenvalue weighted by Crippen LogP contribution is -2.49.